The molecule has 92 valence electrons. The molecule has 0 amide bonds. The van der Waals surface area contributed by atoms with Crippen LogP contribution in [0.1, 0.15) is 11.6 Å². The molecule has 0 saturated carbocycles. The first kappa shape index (κ1) is 15.8. The van der Waals surface area contributed by atoms with Crippen LogP contribution in [0.4, 0.5) is 17.6 Å². The van der Waals surface area contributed by atoms with E-state index in [1.54, 1.807) is 0 Å². The van der Waals surface area contributed by atoms with Gasteiger partial charge in [-0.15, -0.1) is 12.4 Å². The van der Waals surface area contributed by atoms with Gasteiger partial charge in [0.15, 0.2) is 0 Å². The number of benzene rings is 1. The smallest absolute Gasteiger partial charge is 0.316 e. The van der Waals surface area contributed by atoms with Gasteiger partial charge in [-0.3, -0.25) is 0 Å². The molecule has 0 unspecified atom stereocenters. The molecule has 0 fully saturated rings. The van der Waals surface area contributed by atoms with Gasteiger partial charge in [-0.1, -0.05) is 23.2 Å². The van der Waals surface area contributed by atoms with Crippen LogP contribution in [-0.4, -0.2) is 6.18 Å². The molecule has 1 aromatic rings. The van der Waals surface area contributed by atoms with E-state index in [9.17, 15) is 17.6 Å². The van der Waals surface area contributed by atoms with Crippen LogP contribution >= 0.6 is 35.6 Å². The van der Waals surface area contributed by atoms with E-state index in [0.717, 1.165) is 12.1 Å². The van der Waals surface area contributed by atoms with E-state index in [-0.39, 0.29) is 17.4 Å². The standard InChI is InChI=1S/C8H5Cl2F4N.ClH/c9-3-1-2-4(11)5(6(3)10)7(15)8(12,13)14;/h1-2,7H,15H2;1H/t7-;/m1./s1. The minimum Gasteiger partial charge on any atom is -0.316 e. The maximum Gasteiger partial charge on any atom is 0.407 e. The van der Waals surface area contributed by atoms with E-state index >= 15 is 0 Å². The summed E-state index contributed by atoms with van der Waals surface area (Å²) in [7, 11) is 0. The molecule has 0 saturated heterocycles. The third kappa shape index (κ3) is 3.13. The Morgan fingerprint density at radius 3 is 2.12 bits per heavy atom. The summed E-state index contributed by atoms with van der Waals surface area (Å²) >= 11 is 10.9. The van der Waals surface area contributed by atoms with Crippen LogP contribution in [0.2, 0.25) is 10.0 Å². The molecule has 1 nitrogen and oxygen atoms in total. The van der Waals surface area contributed by atoms with Crippen molar-refractivity contribution in [3.8, 4) is 0 Å². The van der Waals surface area contributed by atoms with Crippen molar-refractivity contribution in [2.45, 2.75) is 12.2 Å². The molecule has 0 aromatic heterocycles. The predicted octanol–water partition coefficient (Wildman–Crippen LogP) is 4.12. The molecule has 0 radical (unpaired) electrons. The number of halogens is 7. The van der Waals surface area contributed by atoms with E-state index in [1.807, 2.05) is 0 Å². The molecule has 16 heavy (non-hydrogen) atoms. The number of hydrogen-bond acceptors (Lipinski definition) is 1. The average molecular weight is 298 g/mol. The van der Waals surface area contributed by atoms with Gasteiger partial charge in [0.05, 0.1) is 10.0 Å². The van der Waals surface area contributed by atoms with Crippen LogP contribution < -0.4 is 5.73 Å². The van der Waals surface area contributed by atoms with Crippen LogP contribution in [0.3, 0.4) is 0 Å². The second-order valence-corrected chi connectivity index (χ2v) is 3.56. The lowest BCUT2D eigenvalue weighted by Crippen LogP contribution is -2.29. The maximum absolute atomic E-state index is 13.1. The second-order valence-electron chi connectivity index (χ2n) is 2.78. The number of nitrogens with two attached hydrogens (primary N) is 1. The zero-order valence-corrected chi connectivity index (χ0v) is 9.81. The fourth-order valence-corrected chi connectivity index (χ4v) is 1.43. The minimum absolute atomic E-state index is 0. The summed E-state index contributed by atoms with van der Waals surface area (Å²) in [6.45, 7) is 0. The summed E-state index contributed by atoms with van der Waals surface area (Å²) < 4.78 is 49.8. The Hall–Kier alpha value is -0.230. The third-order valence-electron chi connectivity index (χ3n) is 1.74. The first-order chi connectivity index (χ1) is 6.75. The largest absolute Gasteiger partial charge is 0.407 e. The molecule has 0 aliphatic carbocycles. The van der Waals surface area contributed by atoms with Gasteiger partial charge >= 0.3 is 6.18 Å². The fraction of sp³-hybridized carbons (Fsp3) is 0.250. The molecule has 0 bridgehead atoms. The van der Waals surface area contributed by atoms with Crippen molar-refractivity contribution in [1.82, 2.24) is 0 Å². The topological polar surface area (TPSA) is 26.0 Å². The van der Waals surface area contributed by atoms with Gasteiger partial charge in [0, 0.05) is 5.56 Å². The Bertz CT molecular complexity index is 380. The Labute approximate surface area is 105 Å². The molecule has 0 aliphatic heterocycles. The zero-order valence-electron chi connectivity index (χ0n) is 7.49. The molecule has 0 heterocycles. The highest BCUT2D eigenvalue weighted by molar-refractivity contribution is 6.42. The SMILES string of the molecule is Cl.N[C@H](c1c(F)ccc(Cl)c1Cl)C(F)(F)F. The van der Waals surface area contributed by atoms with Crippen LogP contribution in [0.25, 0.3) is 0 Å². The summed E-state index contributed by atoms with van der Waals surface area (Å²) in [5.41, 5.74) is 4.00. The van der Waals surface area contributed by atoms with Crippen molar-refractivity contribution in [2.75, 3.05) is 0 Å². The number of rotatable bonds is 1. The quantitative estimate of drug-likeness (QED) is 0.612. The van der Waals surface area contributed by atoms with Crippen molar-refractivity contribution >= 4 is 35.6 Å². The lowest BCUT2D eigenvalue weighted by atomic mass is 10.1. The summed E-state index contributed by atoms with van der Waals surface area (Å²) in [6, 6.07) is -0.635. The van der Waals surface area contributed by atoms with Crippen molar-refractivity contribution in [2.24, 2.45) is 5.73 Å². The molecule has 1 atom stereocenters. The molecular weight excluding hydrogens is 292 g/mol. The molecule has 0 aliphatic rings. The van der Waals surface area contributed by atoms with Crippen LogP contribution in [0.15, 0.2) is 12.1 Å². The van der Waals surface area contributed by atoms with Crippen molar-refractivity contribution < 1.29 is 17.6 Å². The van der Waals surface area contributed by atoms with Gasteiger partial charge in [0.1, 0.15) is 11.9 Å². The minimum atomic E-state index is -4.77. The highest BCUT2D eigenvalue weighted by Gasteiger charge is 2.40. The van der Waals surface area contributed by atoms with Crippen molar-refractivity contribution in [1.29, 1.82) is 0 Å². The zero-order chi connectivity index (χ0) is 11.8. The molecule has 0 spiro atoms. The van der Waals surface area contributed by atoms with Gasteiger partial charge in [-0.25, -0.2) is 4.39 Å². The Morgan fingerprint density at radius 1 is 1.19 bits per heavy atom. The highest BCUT2D eigenvalue weighted by Crippen LogP contribution is 2.38. The van der Waals surface area contributed by atoms with Gasteiger partial charge in [0.25, 0.3) is 0 Å². The average Bonchev–Trinajstić information content (AvgIpc) is 2.10. The van der Waals surface area contributed by atoms with E-state index in [2.05, 4.69) is 0 Å². The third-order valence-corrected chi connectivity index (χ3v) is 2.56. The fourth-order valence-electron chi connectivity index (χ4n) is 0.992. The van der Waals surface area contributed by atoms with E-state index < -0.39 is 28.6 Å². The van der Waals surface area contributed by atoms with Crippen LogP contribution in [0.5, 0.6) is 0 Å². The van der Waals surface area contributed by atoms with Crippen molar-refractivity contribution in [3.05, 3.63) is 33.6 Å². The van der Waals surface area contributed by atoms with Gasteiger partial charge in [-0.05, 0) is 12.1 Å². The second kappa shape index (κ2) is 5.40. The highest BCUT2D eigenvalue weighted by atomic mass is 35.5. The summed E-state index contributed by atoms with van der Waals surface area (Å²) in [5, 5.41) is -0.686. The van der Waals surface area contributed by atoms with Gasteiger partial charge < -0.3 is 5.73 Å². The Kier molecular flexibility index (Phi) is 5.32. The monoisotopic (exact) mass is 297 g/mol. The van der Waals surface area contributed by atoms with Crippen molar-refractivity contribution in [3.63, 3.8) is 0 Å². The maximum atomic E-state index is 13.1. The number of hydrogen-bond donors (Lipinski definition) is 1. The molecular formula is C8H6Cl3F4N. The Balaban J connectivity index is 0.00000225. The van der Waals surface area contributed by atoms with Gasteiger partial charge in [0.2, 0.25) is 0 Å². The van der Waals surface area contributed by atoms with E-state index in [4.69, 9.17) is 28.9 Å². The van der Waals surface area contributed by atoms with E-state index in [1.165, 1.54) is 0 Å². The normalized spacial score (nSPS) is 13.2. The molecule has 1 aromatic carbocycles. The summed E-state index contributed by atoms with van der Waals surface area (Å²) in [5.74, 6) is -1.13. The summed E-state index contributed by atoms with van der Waals surface area (Å²) in [6.07, 6.45) is -4.77. The van der Waals surface area contributed by atoms with Crippen LogP contribution in [-0.2, 0) is 0 Å². The lowest BCUT2D eigenvalue weighted by Gasteiger charge is -2.18. The summed E-state index contributed by atoms with van der Waals surface area (Å²) in [4.78, 5) is 0. The molecule has 8 heteroatoms. The first-order valence-corrected chi connectivity index (χ1v) is 4.46. The lowest BCUT2D eigenvalue weighted by molar-refractivity contribution is -0.149. The first-order valence-electron chi connectivity index (χ1n) is 3.71. The number of alkyl halides is 3. The Morgan fingerprint density at radius 2 is 1.69 bits per heavy atom. The van der Waals surface area contributed by atoms with Crippen LogP contribution in [0, 0.1) is 5.82 Å². The predicted molar refractivity (Wildman–Crippen MR) is 56.7 cm³/mol. The molecule has 2 N–H and O–H groups in total. The molecule has 1 rings (SSSR count). The van der Waals surface area contributed by atoms with E-state index in [0.29, 0.717) is 0 Å². The van der Waals surface area contributed by atoms with Gasteiger partial charge in [-0.2, -0.15) is 13.2 Å².